The Morgan fingerprint density at radius 1 is 1.26 bits per heavy atom. The number of aromatic nitrogens is 2. The molecule has 1 aromatic carbocycles. The van der Waals surface area contributed by atoms with E-state index in [1.54, 1.807) is 4.90 Å². The molecular formula is C19H24N4O4. The summed E-state index contributed by atoms with van der Waals surface area (Å²) in [5.41, 5.74) is -0.337. The van der Waals surface area contributed by atoms with Crippen LogP contribution in [0.4, 0.5) is 0 Å². The van der Waals surface area contributed by atoms with Crippen LogP contribution < -0.4 is 11.2 Å². The molecule has 0 saturated carbocycles. The quantitative estimate of drug-likeness (QED) is 0.829. The molecule has 1 fully saturated rings. The number of morpholine rings is 1. The molecule has 0 aliphatic carbocycles. The van der Waals surface area contributed by atoms with Crippen molar-refractivity contribution in [3.05, 3.63) is 68.5 Å². The summed E-state index contributed by atoms with van der Waals surface area (Å²) in [5, 5.41) is 0. The summed E-state index contributed by atoms with van der Waals surface area (Å²) < 4.78 is 7.17. The SMILES string of the molecule is CN(C)C[C@@H]1OCCN(C(=O)c2cn(C)c(=O)[nH]c2=O)[C@H]1c1ccccc1. The zero-order valence-corrected chi connectivity index (χ0v) is 15.7. The number of ether oxygens (including phenoxy) is 1. The first kappa shape index (κ1) is 19.1. The number of benzene rings is 1. The van der Waals surface area contributed by atoms with Crippen LogP contribution in [0.1, 0.15) is 22.0 Å². The van der Waals surface area contributed by atoms with E-state index in [1.807, 2.05) is 49.3 Å². The smallest absolute Gasteiger partial charge is 0.328 e. The van der Waals surface area contributed by atoms with Crippen molar-refractivity contribution in [3.8, 4) is 0 Å². The van der Waals surface area contributed by atoms with Gasteiger partial charge in [0.15, 0.2) is 0 Å². The number of hydrogen-bond acceptors (Lipinski definition) is 5. The highest BCUT2D eigenvalue weighted by atomic mass is 16.5. The molecule has 0 bridgehead atoms. The normalized spacial score (nSPS) is 20.1. The van der Waals surface area contributed by atoms with Crippen LogP contribution in [0.25, 0.3) is 0 Å². The minimum absolute atomic E-state index is 0.0523. The molecule has 1 aliphatic rings. The lowest BCUT2D eigenvalue weighted by Crippen LogP contribution is -2.52. The molecule has 2 aromatic rings. The number of aryl methyl sites for hydroxylation is 1. The van der Waals surface area contributed by atoms with Gasteiger partial charge < -0.3 is 19.1 Å². The van der Waals surface area contributed by atoms with Crippen molar-refractivity contribution in [2.24, 2.45) is 7.05 Å². The van der Waals surface area contributed by atoms with Crippen LogP contribution in [-0.4, -0.2) is 65.2 Å². The average molecular weight is 372 g/mol. The summed E-state index contributed by atoms with van der Waals surface area (Å²) in [6.45, 7) is 1.38. The maximum Gasteiger partial charge on any atom is 0.328 e. The summed E-state index contributed by atoms with van der Waals surface area (Å²) in [6, 6.07) is 9.32. The van der Waals surface area contributed by atoms with E-state index in [0.717, 1.165) is 5.56 Å². The molecule has 2 atom stereocenters. The van der Waals surface area contributed by atoms with E-state index in [0.29, 0.717) is 19.7 Å². The Morgan fingerprint density at radius 2 is 1.96 bits per heavy atom. The van der Waals surface area contributed by atoms with E-state index in [4.69, 9.17) is 4.74 Å². The molecule has 144 valence electrons. The number of rotatable bonds is 4. The number of nitrogens with zero attached hydrogens (tertiary/aromatic N) is 3. The highest BCUT2D eigenvalue weighted by molar-refractivity contribution is 5.94. The molecular weight excluding hydrogens is 348 g/mol. The van der Waals surface area contributed by atoms with Gasteiger partial charge >= 0.3 is 5.69 Å². The standard InChI is InChI=1S/C19H24N4O4/c1-21(2)12-15-16(13-7-5-4-6-8-13)23(9-10-27-15)18(25)14-11-22(3)19(26)20-17(14)24/h4-8,11,15-16H,9-10,12H2,1-3H3,(H,20,24,26)/t15-,16-/m0/s1. The molecule has 0 spiro atoms. The van der Waals surface area contributed by atoms with Gasteiger partial charge in [-0.3, -0.25) is 14.6 Å². The van der Waals surface area contributed by atoms with Crippen molar-refractivity contribution in [1.29, 1.82) is 0 Å². The maximum absolute atomic E-state index is 13.2. The van der Waals surface area contributed by atoms with Crippen molar-refractivity contribution in [1.82, 2.24) is 19.4 Å². The number of nitrogens with one attached hydrogen (secondary N) is 1. The number of amides is 1. The first-order valence-electron chi connectivity index (χ1n) is 8.80. The zero-order chi connectivity index (χ0) is 19.6. The summed E-state index contributed by atoms with van der Waals surface area (Å²) >= 11 is 0. The molecule has 3 rings (SSSR count). The van der Waals surface area contributed by atoms with Gasteiger partial charge in [0.25, 0.3) is 11.5 Å². The fourth-order valence-electron chi connectivity index (χ4n) is 3.39. The lowest BCUT2D eigenvalue weighted by molar-refractivity contribution is -0.0685. The van der Waals surface area contributed by atoms with E-state index >= 15 is 0 Å². The molecule has 0 unspecified atom stereocenters. The number of carbonyl (C=O) groups is 1. The van der Waals surface area contributed by atoms with Crippen LogP contribution in [0, 0.1) is 0 Å². The van der Waals surface area contributed by atoms with Gasteiger partial charge in [0.05, 0.1) is 18.8 Å². The van der Waals surface area contributed by atoms with E-state index in [2.05, 4.69) is 4.98 Å². The van der Waals surface area contributed by atoms with Crippen LogP contribution in [0.5, 0.6) is 0 Å². The van der Waals surface area contributed by atoms with Crippen molar-refractivity contribution in [2.45, 2.75) is 12.1 Å². The largest absolute Gasteiger partial charge is 0.373 e. The van der Waals surface area contributed by atoms with E-state index in [9.17, 15) is 14.4 Å². The van der Waals surface area contributed by atoms with Crippen LogP contribution in [0.15, 0.2) is 46.1 Å². The molecule has 1 saturated heterocycles. The highest BCUT2D eigenvalue weighted by Gasteiger charge is 2.37. The predicted molar refractivity (Wildman–Crippen MR) is 101 cm³/mol. The third kappa shape index (κ3) is 4.01. The molecule has 0 radical (unpaired) electrons. The van der Waals surface area contributed by atoms with Gasteiger partial charge in [-0.15, -0.1) is 0 Å². The Morgan fingerprint density at radius 3 is 2.63 bits per heavy atom. The summed E-state index contributed by atoms with van der Waals surface area (Å²) in [7, 11) is 5.39. The highest BCUT2D eigenvalue weighted by Crippen LogP contribution is 2.30. The Balaban J connectivity index is 2.03. The first-order valence-corrected chi connectivity index (χ1v) is 8.80. The second-order valence-electron chi connectivity index (χ2n) is 6.94. The summed E-state index contributed by atoms with van der Waals surface area (Å²) in [4.78, 5) is 42.9. The molecule has 1 N–H and O–H groups in total. The van der Waals surface area contributed by atoms with Crippen LogP contribution >= 0.6 is 0 Å². The minimum Gasteiger partial charge on any atom is -0.373 e. The van der Waals surface area contributed by atoms with Crippen molar-refractivity contribution >= 4 is 5.91 Å². The second-order valence-corrected chi connectivity index (χ2v) is 6.94. The summed E-state index contributed by atoms with van der Waals surface area (Å²) in [6.07, 6.45) is 1.06. The predicted octanol–water partition coefficient (Wildman–Crippen LogP) is 0.218. The molecule has 8 heteroatoms. The molecule has 2 heterocycles. The number of H-pyrrole nitrogens is 1. The molecule has 27 heavy (non-hydrogen) atoms. The molecule has 8 nitrogen and oxygen atoms in total. The minimum atomic E-state index is -0.675. The van der Waals surface area contributed by atoms with Crippen molar-refractivity contribution < 1.29 is 9.53 Å². The van der Waals surface area contributed by atoms with Gasteiger partial charge in [-0.1, -0.05) is 30.3 Å². The van der Waals surface area contributed by atoms with Crippen LogP contribution in [0.3, 0.4) is 0 Å². The second kappa shape index (κ2) is 7.89. The van der Waals surface area contributed by atoms with E-state index in [-0.39, 0.29) is 17.7 Å². The lowest BCUT2D eigenvalue weighted by atomic mass is 9.97. The van der Waals surface area contributed by atoms with Gasteiger partial charge in [0, 0.05) is 26.3 Å². The number of carbonyl (C=O) groups excluding carboxylic acids is 1. The van der Waals surface area contributed by atoms with Crippen LogP contribution in [-0.2, 0) is 11.8 Å². The zero-order valence-electron chi connectivity index (χ0n) is 15.7. The van der Waals surface area contributed by atoms with Gasteiger partial charge in [0.1, 0.15) is 5.56 Å². The van der Waals surface area contributed by atoms with Crippen molar-refractivity contribution in [2.75, 3.05) is 33.8 Å². The van der Waals surface area contributed by atoms with Crippen LogP contribution in [0.2, 0.25) is 0 Å². The van der Waals surface area contributed by atoms with E-state index < -0.39 is 17.2 Å². The van der Waals surface area contributed by atoms with Crippen molar-refractivity contribution in [3.63, 3.8) is 0 Å². The Labute approximate surface area is 157 Å². The Hall–Kier alpha value is -2.71. The van der Waals surface area contributed by atoms with Gasteiger partial charge in [-0.05, 0) is 19.7 Å². The number of likely N-dealkylation sites (N-methyl/N-ethyl adjacent to an activating group) is 1. The maximum atomic E-state index is 13.2. The number of hydrogen-bond donors (Lipinski definition) is 1. The fourth-order valence-corrected chi connectivity index (χ4v) is 3.39. The van der Waals surface area contributed by atoms with Gasteiger partial charge in [-0.25, -0.2) is 4.79 Å². The monoisotopic (exact) mass is 372 g/mol. The molecule has 1 aromatic heterocycles. The van der Waals surface area contributed by atoms with Gasteiger partial charge in [-0.2, -0.15) is 0 Å². The van der Waals surface area contributed by atoms with Gasteiger partial charge in [0.2, 0.25) is 0 Å². The molecule has 1 aliphatic heterocycles. The fraction of sp³-hybridized carbons (Fsp3) is 0.421. The Bertz CT molecular complexity index is 919. The average Bonchev–Trinajstić information content (AvgIpc) is 2.64. The molecule has 1 amide bonds. The first-order chi connectivity index (χ1) is 12.9. The summed E-state index contributed by atoms with van der Waals surface area (Å²) in [5.74, 6) is -0.409. The van der Waals surface area contributed by atoms with E-state index in [1.165, 1.54) is 17.8 Å². The third-order valence-electron chi connectivity index (χ3n) is 4.64. The topological polar surface area (TPSA) is 87.6 Å². The lowest BCUT2D eigenvalue weighted by Gasteiger charge is -2.42. The number of aromatic amines is 1. The third-order valence-corrected chi connectivity index (χ3v) is 4.64. The Kier molecular flexibility index (Phi) is 5.57.